The molecule has 0 saturated heterocycles. The average Bonchev–Trinajstić information content (AvgIpc) is 2.38. The van der Waals surface area contributed by atoms with Crippen LogP contribution in [0, 0.1) is 0 Å². The van der Waals surface area contributed by atoms with Gasteiger partial charge in [0.15, 0.2) is 6.10 Å². The molecule has 0 bridgehead atoms. The van der Waals surface area contributed by atoms with Crippen LogP contribution in [-0.2, 0) is 11.3 Å². The first kappa shape index (κ1) is 17.5. The third-order valence-electron chi connectivity index (χ3n) is 3.05. The quantitative estimate of drug-likeness (QED) is 0.532. The molecule has 0 radical (unpaired) electrons. The summed E-state index contributed by atoms with van der Waals surface area (Å²) in [6.45, 7) is 2.02. The standard InChI is InChI=1S/C15H20BrF3O/c1-2-3-4-5-6-14(15(17,18)19)20-11-12-7-9-13(16)10-8-12/h7-10,14H,2-6,11H2,1H3. The van der Waals surface area contributed by atoms with E-state index in [-0.39, 0.29) is 13.0 Å². The Balaban J connectivity index is 2.46. The molecule has 114 valence electrons. The molecule has 5 heteroatoms. The summed E-state index contributed by atoms with van der Waals surface area (Å²) in [6.07, 6.45) is -2.55. The minimum atomic E-state index is -4.29. The Bertz CT molecular complexity index is 376. The molecule has 0 aromatic heterocycles. The Morgan fingerprint density at radius 1 is 1.10 bits per heavy atom. The van der Waals surface area contributed by atoms with Crippen molar-refractivity contribution in [2.75, 3.05) is 0 Å². The predicted octanol–water partition coefficient (Wildman–Crippen LogP) is 5.87. The first-order valence-electron chi connectivity index (χ1n) is 6.86. The Hall–Kier alpha value is -0.550. The lowest BCUT2D eigenvalue weighted by atomic mass is 10.1. The van der Waals surface area contributed by atoms with Gasteiger partial charge in [0.05, 0.1) is 6.61 Å². The smallest absolute Gasteiger partial charge is 0.364 e. The second kappa shape index (κ2) is 8.67. The molecule has 0 N–H and O–H groups in total. The minimum absolute atomic E-state index is 0.00870. The summed E-state index contributed by atoms with van der Waals surface area (Å²) >= 11 is 3.29. The van der Waals surface area contributed by atoms with Crippen LogP contribution in [0.3, 0.4) is 0 Å². The van der Waals surface area contributed by atoms with E-state index in [0.717, 1.165) is 29.3 Å². The lowest BCUT2D eigenvalue weighted by molar-refractivity contribution is -0.225. The Morgan fingerprint density at radius 3 is 2.30 bits per heavy atom. The van der Waals surface area contributed by atoms with E-state index < -0.39 is 12.3 Å². The van der Waals surface area contributed by atoms with Crippen molar-refractivity contribution in [3.63, 3.8) is 0 Å². The molecule has 0 saturated carbocycles. The van der Waals surface area contributed by atoms with Gasteiger partial charge in [0, 0.05) is 4.47 Å². The summed E-state index contributed by atoms with van der Waals surface area (Å²) in [5.41, 5.74) is 0.746. The molecule has 0 amide bonds. The Kier molecular flexibility index (Phi) is 7.59. The summed E-state index contributed by atoms with van der Waals surface area (Å²) in [5.74, 6) is 0. The van der Waals surface area contributed by atoms with Crippen molar-refractivity contribution in [1.82, 2.24) is 0 Å². The molecule has 1 atom stereocenters. The van der Waals surface area contributed by atoms with Crippen molar-refractivity contribution in [3.05, 3.63) is 34.3 Å². The van der Waals surface area contributed by atoms with Gasteiger partial charge < -0.3 is 4.74 Å². The maximum atomic E-state index is 12.9. The molecule has 1 nitrogen and oxygen atoms in total. The molecule has 1 unspecified atom stereocenters. The van der Waals surface area contributed by atoms with Gasteiger partial charge in [-0.2, -0.15) is 13.2 Å². The highest BCUT2D eigenvalue weighted by molar-refractivity contribution is 9.10. The van der Waals surface area contributed by atoms with E-state index >= 15 is 0 Å². The van der Waals surface area contributed by atoms with Crippen molar-refractivity contribution in [3.8, 4) is 0 Å². The lowest BCUT2D eigenvalue weighted by Crippen LogP contribution is -2.31. The fourth-order valence-electron chi connectivity index (χ4n) is 1.88. The molecule has 0 spiro atoms. The van der Waals surface area contributed by atoms with Crippen LogP contribution in [0.1, 0.15) is 44.6 Å². The molecule has 1 rings (SSSR count). The molecule has 1 aromatic rings. The van der Waals surface area contributed by atoms with Crippen molar-refractivity contribution >= 4 is 15.9 Å². The van der Waals surface area contributed by atoms with Gasteiger partial charge in [0.2, 0.25) is 0 Å². The van der Waals surface area contributed by atoms with Gasteiger partial charge in [-0.25, -0.2) is 0 Å². The number of halogens is 4. The third kappa shape index (κ3) is 6.75. The van der Waals surface area contributed by atoms with Crippen LogP contribution >= 0.6 is 15.9 Å². The summed E-state index contributed by atoms with van der Waals surface area (Å²) < 4.78 is 44.6. The van der Waals surface area contributed by atoms with Gasteiger partial charge in [-0.15, -0.1) is 0 Å². The van der Waals surface area contributed by atoms with Crippen LogP contribution in [0.25, 0.3) is 0 Å². The molecule has 1 aromatic carbocycles. The zero-order valence-electron chi connectivity index (χ0n) is 11.5. The summed E-state index contributed by atoms with van der Waals surface area (Å²) in [4.78, 5) is 0. The second-order valence-corrected chi connectivity index (χ2v) is 5.73. The van der Waals surface area contributed by atoms with Gasteiger partial charge >= 0.3 is 6.18 Å². The number of benzene rings is 1. The summed E-state index contributed by atoms with van der Waals surface area (Å²) in [6, 6.07) is 7.11. The third-order valence-corrected chi connectivity index (χ3v) is 3.58. The topological polar surface area (TPSA) is 9.23 Å². The zero-order chi connectivity index (χ0) is 15.0. The maximum absolute atomic E-state index is 12.9. The normalized spacial score (nSPS) is 13.4. The largest absolute Gasteiger partial charge is 0.414 e. The highest BCUT2D eigenvalue weighted by Crippen LogP contribution is 2.28. The Morgan fingerprint density at radius 2 is 1.75 bits per heavy atom. The van der Waals surface area contributed by atoms with E-state index in [4.69, 9.17) is 4.74 Å². The molecule has 0 heterocycles. The van der Waals surface area contributed by atoms with E-state index in [0.29, 0.717) is 6.42 Å². The SMILES string of the molecule is CCCCCCC(OCc1ccc(Br)cc1)C(F)(F)F. The molecule has 0 fully saturated rings. The molecule has 0 aliphatic heterocycles. The molecule has 20 heavy (non-hydrogen) atoms. The van der Waals surface area contributed by atoms with Crippen LogP contribution in [0.4, 0.5) is 13.2 Å². The van der Waals surface area contributed by atoms with Gasteiger partial charge in [-0.3, -0.25) is 0 Å². The summed E-state index contributed by atoms with van der Waals surface area (Å²) in [7, 11) is 0. The minimum Gasteiger partial charge on any atom is -0.364 e. The lowest BCUT2D eigenvalue weighted by Gasteiger charge is -2.21. The Labute approximate surface area is 126 Å². The number of hydrogen-bond acceptors (Lipinski definition) is 1. The molecular weight excluding hydrogens is 333 g/mol. The molecular formula is C15H20BrF3O. The van der Waals surface area contributed by atoms with E-state index in [2.05, 4.69) is 15.9 Å². The van der Waals surface area contributed by atoms with Gasteiger partial charge in [-0.05, 0) is 24.1 Å². The predicted molar refractivity (Wildman–Crippen MR) is 77.5 cm³/mol. The van der Waals surface area contributed by atoms with Crippen LogP contribution in [0.5, 0.6) is 0 Å². The van der Waals surface area contributed by atoms with Crippen LogP contribution in [0.2, 0.25) is 0 Å². The van der Waals surface area contributed by atoms with Crippen molar-refractivity contribution in [2.45, 2.75) is 57.9 Å². The first-order chi connectivity index (χ1) is 9.43. The van der Waals surface area contributed by atoms with E-state index in [1.54, 1.807) is 24.3 Å². The average molecular weight is 353 g/mol. The van der Waals surface area contributed by atoms with Crippen LogP contribution < -0.4 is 0 Å². The van der Waals surface area contributed by atoms with Crippen LogP contribution in [0.15, 0.2) is 28.7 Å². The maximum Gasteiger partial charge on any atom is 0.414 e. The highest BCUT2D eigenvalue weighted by atomic mass is 79.9. The van der Waals surface area contributed by atoms with Gasteiger partial charge in [-0.1, -0.05) is 60.7 Å². The monoisotopic (exact) mass is 352 g/mol. The fourth-order valence-corrected chi connectivity index (χ4v) is 2.14. The molecule has 0 aliphatic rings. The van der Waals surface area contributed by atoms with E-state index in [1.807, 2.05) is 6.92 Å². The van der Waals surface area contributed by atoms with Gasteiger partial charge in [0.25, 0.3) is 0 Å². The number of hydrogen-bond donors (Lipinski definition) is 0. The van der Waals surface area contributed by atoms with Gasteiger partial charge in [0.1, 0.15) is 0 Å². The number of ether oxygens (including phenoxy) is 1. The van der Waals surface area contributed by atoms with E-state index in [9.17, 15) is 13.2 Å². The molecule has 0 aliphatic carbocycles. The van der Waals surface area contributed by atoms with Crippen LogP contribution in [-0.4, -0.2) is 12.3 Å². The number of alkyl halides is 3. The number of unbranched alkanes of at least 4 members (excludes halogenated alkanes) is 3. The van der Waals surface area contributed by atoms with Crippen molar-refractivity contribution in [2.24, 2.45) is 0 Å². The first-order valence-corrected chi connectivity index (χ1v) is 7.65. The zero-order valence-corrected chi connectivity index (χ0v) is 13.1. The highest BCUT2D eigenvalue weighted by Gasteiger charge is 2.39. The van der Waals surface area contributed by atoms with E-state index in [1.165, 1.54) is 0 Å². The summed E-state index contributed by atoms with van der Waals surface area (Å²) in [5, 5.41) is 0. The van der Waals surface area contributed by atoms with Crippen molar-refractivity contribution < 1.29 is 17.9 Å². The van der Waals surface area contributed by atoms with Crippen molar-refractivity contribution in [1.29, 1.82) is 0 Å². The number of rotatable bonds is 8. The fraction of sp³-hybridized carbons (Fsp3) is 0.600. The second-order valence-electron chi connectivity index (χ2n) is 4.82.